The van der Waals surface area contributed by atoms with Gasteiger partial charge >= 0.3 is 0 Å². The lowest BCUT2D eigenvalue weighted by atomic mass is 10.3. The topological polar surface area (TPSA) is 93.0 Å². The van der Waals surface area contributed by atoms with Crippen LogP contribution in [-0.4, -0.2) is 28.0 Å². The van der Waals surface area contributed by atoms with Crippen molar-refractivity contribution in [1.82, 2.24) is 9.97 Å². The van der Waals surface area contributed by atoms with Crippen molar-refractivity contribution in [3.63, 3.8) is 0 Å². The first-order valence-electron chi connectivity index (χ1n) is 5.75. The minimum absolute atomic E-state index is 0.0846. The Labute approximate surface area is 109 Å². The molecule has 0 saturated carbocycles. The molecule has 0 amide bonds. The molecular formula is C12H13N5O2. The van der Waals surface area contributed by atoms with Crippen molar-refractivity contribution in [1.29, 1.82) is 0 Å². The Morgan fingerprint density at radius 2 is 1.68 bits per heavy atom. The van der Waals surface area contributed by atoms with Gasteiger partial charge in [0.1, 0.15) is 0 Å². The molecule has 1 aromatic carbocycles. The molecule has 0 spiro atoms. The van der Waals surface area contributed by atoms with E-state index in [2.05, 4.69) is 20.6 Å². The number of nitrogens with one attached hydrogen (secondary N) is 2. The summed E-state index contributed by atoms with van der Waals surface area (Å²) in [5, 5.41) is 16.7. The van der Waals surface area contributed by atoms with Gasteiger partial charge in [-0.15, -0.1) is 0 Å². The van der Waals surface area contributed by atoms with Crippen LogP contribution in [0, 0.1) is 10.1 Å². The van der Waals surface area contributed by atoms with Gasteiger partial charge in [-0.1, -0.05) is 0 Å². The van der Waals surface area contributed by atoms with Crippen molar-refractivity contribution in [2.75, 3.05) is 23.7 Å². The third-order valence-electron chi connectivity index (χ3n) is 2.38. The smallest absolute Gasteiger partial charge is 0.269 e. The summed E-state index contributed by atoms with van der Waals surface area (Å²) in [5.74, 6) is 0.577. The van der Waals surface area contributed by atoms with Gasteiger partial charge in [-0.05, 0) is 18.2 Å². The lowest BCUT2D eigenvalue weighted by molar-refractivity contribution is -0.384. The van der Waals surface area contributed by atoms with E-state index in [1.807, 2.05) is 0 Å². The number of benzene rings is 1. The Balaban J connectivity index is 1.75. The second kappa shape index (κ2) is 6.29. The Kier molecular flexibility index (Phi) is 4.22. The number of hydrogen-bond donors (Lipinski definition) is 2. The van der Waals surface area contributed by atoms with Crippen molar-refractivity contribution >= 4 is 17.3 Å². The molecule has 2 N–H and O–H groups in total. The van der Waals surface area contributed by atoms with Crippen LogP contribution in [-0.2, 0) is 0 Å². The molecule has 0 bridgehead atoms. The summed E-state index contributed by atoms with van der Waals surface area (Å²) in [6.07, 6.45) is 3.33. The SMILES string of the molecule is O=[N+]([O-])c1ccc(NCCNc2ncccn2)cc1. The summed E-state index contributed by atoms with van der Waals surface area (Å²) in [6, 6.07) is 8.04. The maximum Gasteiger partial charge on any atom is 0.269 e. The predicted octanol–water partition coefficient (Wildman–Crippen LogP) is 1.91. The number of nitrogens with zero attached hydrogens (tertiary/aromatic N) is 3. The first-order valence-corrected chi connectivity index (χ1v) is 5.75. The summed E-state index contributed by atoms with van der Waals surface area (Å²) < 4.78 is 0. The van der Waals surface area contributed by atoms with E-state index in [-0.39, 0.29) is 5.69 Å². The monoisotopic (exact) mass is 259 g/mol. The van der Waals surface area contributed by atoms with Crippen molar-refractivity contribution in [3.8, 4) is 0 Å². The van der Waals surface area contributed by atoms with Crippen LogP contribution in [0.25, 0.3) is 0 Å². The number of anilines is 2. The van der Waals surface area contributed by atoms with E-state index in [0.29, 0.717) is 19.0 Å². The van der Waals surface area contributed by atoms with E-state index < -0.39 is 4.92 Å². The van der Waals surface area contributed by atoms with Gasteiger partial charge in [0.15, 0.2) is 0 Å². The summed E-state index contributed by atoms with van der Waals surface area (Å²) >= 11 is 0. The molecule has 0 unspecified atom stereocenters. The second-order valence-electron chi connectivity index (χ2n) is 3.73. The standard InChI is InChI=1S/C12H13N5O2/c18-17(19)11-4-2-10(3-5-11)13-8-9-16-12-14-6-1-7-15-12/h1-7,13H,8-9H2,(H,14,15,16). The zero-order chi connectivity index (χ0) is 13.5. The third kappa shape index (κ3) is 3.91. The van der Waals surface area contributed by atoms with Crippen LogP contribution in [0.4, 0.5) is 17.3 Å². The Morgan fingerprint density at radius 3 is 2.32 bits per heavy atom. The van der Waals surface area contributed by atoms with E-state index in [4.69, 9.17) is 0 Å². The fraction of sp³-hybridized carbons (Fsp3) is 0.167. The molecule has 0 fully saturated rings. The van der Waals surface area contributed by atoms with Crippen LogP contribution in [0.1, 0.15) is 0 Å². The van der Waals surface area contributed by atoms with Crippen molar-refractivity contribution < 1.29 is 4.92 Å². The highest BCUT2D eigenvalue weighted by atomic mass is 16.6. The highest BCUT2D eigenvalue weighted by Gasteiger charge is 2.03. The predicted molar refractivity (Wildman–Crippen MR) is 72.1 cm³/mol. The van der Waals surface area contributed by atoms with Crippen LogP contribution < -0.4 is 10.6 Å². The zero-order valence-electron chi connectivity index (χ0n) is 10.1. The van der Waals surface area contributed by atoms with Crippen LogP contribution in [0.5, 0.6) is 0 Å². The number of nitro benzene ring substituents is 1. The quantitative estimate of drug-likeness (QED) is 0.467. The van der Waals surface area contributed by atoms with Gasteiger partial charge in [-0.3, -0.25) is 10.1 Å². The average Bonchev–Trinajstić information content (AvgIpc) is 2.45. The van der Waals surface area contributed by atoms with Crippen LogP contribution in [0.15, 0.2) is 42.7 Å². The molecule has 1 aromatic heterocycles. The molecule has 0 atom stereocenters. The molecule has 0 aliphatic heterocycles. The summed E-state index contributed by atoms with van der Waals surface area (Å²) in [4.78, 5) is 18.1. The fourth-order valence-electron chi connectivity index (χ4n) is 1.47. The Morgan fingerprint density at radius 1 is 1.05 bits per heavy atom. The minimum Gasteiger partial charge on any atom is -0.383 e. The number of nitro groups is 1. The van der Waals surface area contributed by atoms with Gasteiger partial charge in [0.05, 0.1) is 4.92 Å². The Bertz CT molecular complexity index is 530. The van der Waals surface area contributed by atoms with Gasteiger partial charge in [-0.25, -0.2) is 9.97 Å². The number of aromatic nitrogens is 2. The molecule has 7 nitrogen and oxygen atoms in total. The highest BCUT2D eigenvalue weighted by molar-refractivity contribution is 5.48. The van der Waals surface area contributed by atoms with Gasteiger partial charge < -0.3 is 10.6 Å². The van der Waals surface area contributed by atoms with Gasteiger partial charge in [0.25, 0.3) is 5.69 Å². The van der Waals surface area contributed by atoms with E-state index in [9.17, 15) is 10.1 Å². The minimum atomic E-state index is -0.419. The van der Waals surface area contributed by atoms with Crippen LogP contribution in [0.3, 0.4) is 0 Å². The maximum atomic E-state index is 10.5. The lowest BCUT2D eigenvalue weighted by Gasteiger charge is -2.07. The normalized spacial score (nSPS) is 9.89. The largest absolute Gasteiger partial charge is 0.383 e. The first kappa shape index (κ1) is 12.7. The van der Waals surface area contributed by atoms with E-state index in [0.717, 1.165) is 5.69 Å². The molecule has 1 heterocycles. The van der Waals surface area contributed by atoms with Crippen molar-refractivity contribution in [2.24, 2.45) is 0 Å². The molecule has 0 aliphatic rings. The van der Waals surface area contributed by atoms with Gasteiger partial charge in [0.2, 0.25) is 5.95 Å². The molecule has 0 saturated heterocycles. The van der Waals surface area contributed by atoms with Crippen molar-refractivity contribution in [3.05, 3.63) is 52.8 Å². The fourth-order valence-corrected chi connectivity index (χ4v) is 1.47. The van der Waals surface area contributed by atoms with E-state index in [1.165, 1.54) is 12.1 Å². The molecule has 19 heavy (non-hydrogen) atoms. The second-order valence-corrected chi connectivity index (χ2v) is 3.73. The summed E-state index contributed by atoms with van der Waals surface area (Å²) in [7, 11) is 0. The van der Waals surface area contributed by atoms with Gasteiger partial charge in [-0.2, -0.15) is 0 Å². The zero-order valence-corrected chi connectivity index (χ0v) is 10.1. The van der Waals surface area contributed by atoms with Crippen LogP contribution in [0.2, 0.25) is 0 Å². The third-order valence-corrected chi connectivity index (χ3v) is 2.38. The van der Waals surface area contributed by atoms with Gasteiger partial charge in [0, 0.05) is 43.3 Å². The molecule has 0 radical (unpaired) electrons. The van der Waals surface area contributed by atoms with Crippen LogP contribution >= 0.6 is 0 Å². The highest BCUT2D eigenvalue weighted by Crippen LogP contribution is 2.14. The lowest BCUT2D eigenvalue weighted by Crippen LogP contribution is -2.14. The maximum absolute atomic E-state index is 10.5. The number of non-ortho nitro benzene ring substituents is 1. The average molecular weight is 259 g/mol. The molecule has 2 rings (SSSR count). The van der Waals surface area contributed by atoms with E-state index >= 15 is 0 Å². The first-order chi connectivity index (χ1) is 9.25. The molecule has 98 valence electrons. The van der Waals surface area contributed by atoms with Crippen molar-refractivity contribution in [2.45, 2.75) is 0 Å². The molecule has 2 aromatic rings. The Hall–Kier alpha value is -2.70. The molecule has 0 aliphatic carbocycles. The summed E-state index contributed by atoms with van der Waals surface area (Å²) in [5.41, 5.74) is 0.919. The van der Waals surface area contributed by atoms with E-state index in [1.54, 1.807) is 30.6 Å². The molecular weight excluding hydrogens is 246 g/mol. The summed E-state index contributed by atoms with van der Waals surface area (Å²) in [6.45, 7) is 1.32. The molecule has 7 heteroatoms. The number of rotatable bonds is 6. The number of hydrogen-bond acceptors (Lipinski definition) is 6.